The van der Waals surface area contributed by atoms with Crippen molar-refractivity contribution in [2.45, 2.75) is 6.04 Å². The Morgan fingerprint density at radius 3 is 2.36 bits per heavy atom. The Hall–Kier alpha value is -3.42. The lowest BCUT2D eigenvalue weighted by Crippen LogP contribution is -2.21. The highest BCUT2D eigenvalue weighted by Gasteiger charge is 2.24. The highest BCUT2D eigenvalue weighted by molar-refractivity contribution is 5.97. The van der Waals surface area contributed by atoms with Gasteiger partial charge in [-0.05, 0) is 42.5 Å². The lowest BCUT2D eigenvalue weighted by atomic mass is 10.0. The maximum absolute atomic E-state index is 11.8. The smallest absolute Gasteiger partial charge is 0.330 e. The number of amidine groups is 1. The van der Waals surface area contributed by atoms with Gasteiger partial charge in [-0.1, -0.05) is 5.16 Å². The summed E-state index contributed by atoms with van der Waals surface area (Å²) < 4.78 is 10.4. The highest BCUT2D eigenvalue weighted by atomic mass is 16.5. The zero-order valence-electron chi connectivity index (χ0n) is 13.8. The monoisotopic (exact) mass is 345 g/mol. The summed E-state index contributed by atoms with van der Waals surface area (Å²) in [4.78, 5) is 11.8. The molecule has 8 heteroatoms. The van der Waals surface area contributed by atoms with Crippen LogP contribution in [0.15, 0.2) is 47.6 Å². The Morgan fingerprint density at radius 2 is 1.84 bits per heavy atom. The van der Waals surface area contributed by atoms with E-state index in [0.717, 1.165) is 0 Å². The van der Waals surface area contributed by atoms with Gasteiger partial charge >= 0.3 is 5.97 Å². The molecule has 5 N–H and O–H groups in total. The molecule has 0 bridgehead atoms. The molecule has 0 spiro atoms. The second-order valence-electron chi connectivity index (χ2n) is 5.09. The van der Waals surface area contributed by atoms with E-state index in [0.29, 0.717) is 28.3 Å². The molecule has 132 valence electrons. The van der Waals surface area contributed by atoms with Gasteiger partial charge in [0.2, 0.25) is 0 Å². The zero-order valence-corrected chi connectivity index (χ0v) is 13.8. The minimum absolute atomic E-state index is 0.0317. The number of methoxy groups -OCH3 is 2. The molecule has 0 amide bonds. The van der Waals surface area contributed by atoms with Crippen LogP contribution in [-0.2, 0) is 4.79 Å². The summed E-state index contributed by atoms with van der Waals surface area (Å²) in [5.74, 6) is -0.164. The molecule has 0 saturated heterocycles. The molecule has 1 atom stereocenters. The first kappa shape index (κ1) is 17.9. The average molecular weight is 345 g/mol. The molecular formula is C17H19N3O5. The van der Waals surface area contributed by atoms with E-state index in [9.17, 15) is 9.90 Å². The lowest BCUT2D eigenvalue weighted by molar-refractivity contribution is -0.138. The van der Waals surface area contributed by atoms with E-state index in [1.165, 1.54) is 14.2 Å². The van der Waals surface area contributed by atoms with Crippen LogP contribution in [0.4, 0.5) is 5.69 Å². The van der Waals surface area contributed by atoms with Gasteiger partial charge in [-0.25, -0.2) is 4.79 Å². The number of nitrogens with one attached hydrogen (secondary N) is 1. The predicted octanol–water partition coefficient (Wildman–Crippen LogP) is 2.04. The molecule has 2 aromatic rings. The van der Waals surface area contributed by atoms with E-state index in [-0.39, 0.29) is 5.84 Å². The van der Waals surface area contributed by atoms with Crippen LogP contribution in [0.1, 0.15) is 17.2 Å². The molecule has 2 rings (SSSR count). The number of nitrogens with zero attached hydrogens (tertiary/aromatic N) is 1. The summed E-state index contributed by atoms with van der Waals surface area (Å²) in [7, 11) is 2.97. The molecular weight excluding hydrogens is 326 g/mol. The first-order valence-electron chi connectivity index (χ1n) is 7.29. The average Bonchev–Trinajstić information content (AvgIpc) is 2.65. The van der Waals surface area contributed by atoms with Gasteiger partial charge in [-0.2, -0.15) is 0 Å². The highest BCUT2D eigenvalue weighted by Crippen LogP contribution is 2.31. The fourth-order valence-electron chi connectivity index (χ4n) is 2.30. The maximum atomic E-state index is 11.8. The number of carboxylic acid groups (broad SMARTS) is 1. The summed E-state index contributed by atoms with van der Waals surface area (Å²) in [5.41, 5.74) is 7.00. The molecule has 0 aliphatic heterocycles. The minimum atomic E-state index is -1.08. The van der Waals surface area contributed by atoms with Crippen LogP contribution in [0.25, 0.3) is 0 Å². The normalized spacial score (nSPS) is 12.3. The van der Waals surface area contributed by atoms with Gasteiger partial charge in [-0.3, -0.25) is 0 Å². The van der Waals surface area contributed by atoms with Gasteiger partial charge in [0.15, 0.2) is 11.9 Å². The molecule has 0 aliphatic carbocycles. The first-order chi connectivity index (χ1) is 12.0. The predicted molar refractivity (Wildman–Crippen MR) is 92.5 cm³/mol. The number of aliphatic carboxylic acids is 1. The third-order valence-corrected chi connectivity index (χ3v) is 3.59. The number of carbonyl (C=O) groups is 1. The Morgan fingerprint density at radius 1 is 1.16 bits per heavy atom. The Labute approximate surface area is 144 Å². The quantitative estimate of drug-likeness (QED) is 0.262. The standard InChI is InChI=1S/C17H19N3O5/c1-24-12-7-8-14(25-2)13(9-12)15(17(21)22)19-11-5-3-10(4-6-11)16(18)20-23/h3-9,15,19,23H,1-2H3,(H2,18,20)(H,21,22). The Balaban J connectivity index is 2.35. The van der Waals surface area contributed by atoms with Crippen molar-refractivity contribution in [3.8, 4) is 11.5 Å². The van der Waals surface area contributed by atoms with Crippen LogP contribution >= 0.6 is 0 Å². The first-order valence-corrected chi connectivity index (χ1v) is 7.29. The van der Waals surface area contributed by atoms with E-state index in [4.69, 9.17) is 20.4 Å². The zero-order chi connectivity index (χ0) is 18.4. The lowest BCUT2D eigenvalue weighted by Gasteiger charge is -2.19. The second-order valence-corrected chi connectivity index (χ2v) is 5.09. The van der Waals surface area contributed by atoms with E-state index in [2.05, 4.69) is 10.5 Å². The summed E-state index contributed by atoms with van der Waals surface area (Å²) in [6.45, 7) is 0. The summed E-state index contributed by atoms with van der Waals surface area (Å²) in [6, 6.07) is 10.4. The maximum Gasteiger partial charge on any atom is 0.330 e. The number of hydrogen-bond donors (Lipinski definition) is 4. The third kappa shape index (κ3) is 4.11. The largest absolute Gasteiger partial charge is 0.497 e. The number of rotatable bonds is 7. The minimum Gasteiger partial charge on any atom is -0.497 e. The fraction of sp³-hybridized carbons (Fsp3) is 0.176. The van der Waals surface area contributed by atoms with Gasteiger partial charge in [0.25, 0.3) is 0 Å². The van der Waals surface area contributed by atoms with Crippen molar-refractivity contribution in [2.75, 3.05) is 19.5 Å². The SMILES string of the molecule is COc1ccc(OC)c(C(Nc2ccc(/C(N)=N/O)cc2)C(=O)O)c1. The number of hydrogen-bond acceptors (Lipinski definition) is 6. The molecule has 0 fully saturated rings. The van der Waals surface area contributed by atoms with Crippen molar-refractivity contribution in [2.24, 2.45) is 10.9 Å². The Bertz CT molecular complexity index is 774. The van der Waals surface area contributed by atoms with Crippen molar-refractivity contribution in [1.29, 1.82) is 0 Å². The fourth-order valence-corrected chi connectivity index (χ4v) is 2.30. The van der Waals surface area contributed by atoms with Gasteiger partial charge in [-0.15, -0.1) is 0 Å². The summed E-state index contributed by atoms with van der Waals surface area (Å²) in [6.07, 6.45) is 0. The molecule has 8 nitrogen and oxygen atoms in total. The van der Waals surface area contributed by atoms with Crippen molar-refractivity contribution in [3.63, 3.8) is 0 Å². The molecule has 0 heterocycles. The molecule has 0 aliphatic rings. The van der Waals surface area contributed by atoms with Crippen LogP contribution in [0.5, 0.6) is 11.5 Å². The van der Waals surface area contributed by atoms with Crippen molar-refractivity contribution in [3.05, 3.63) is 53.6 Å². The van der Waals surface area contributed by atoms with Crippen LogP contribution in [0.3, 0.4) is 0 Å². The molecule has 25 heavy (non-hydrogen) atoms. The summed E-state index contributed by atoms with van der Waals surface area (Å²) >= 11 is 0. The number of carboxylic acids is 1. The number of benzene rings is 2. The molecule has 1 unspecified atom stereocenters. The van der Waals surface area contributed by atoms with Crippen LogP contribution in [-0.4, -0.2) is 36.3 Å². The molecule has 0 radical (unpaired) electrons. The van der Waals surface area contributed by atoms with E-state index in [1.807, 2.05) is 0 Å². The van der Waals surface area contributed by atoms with Gasteiger partial charge in [0.05, 0.1) is 14.2 Å². The van der Waals surface area contributed by atoms with E-state index < -0.39 is 12.0 Å². The van der Waals surface area contributed by atoms with Crippen molar-refractivity contribution >= 4 is 17.5 Å². The van der Waals surface area contributed by atoms with Crippen molar-refractivity contribution < 1.29 is 24.6 Å². The van der Waals surface area contributed by atoms with Crippen molar-refractivity contribution in [1.82, 2.24) is 0 Å². The van der Waals surface area contributed by atoms with Gasteiger partial charge < -0.3 is 30.8 Å². The summed E-state index contributed by atoms with van der Waals surface area (Å²) in [5, 5.41) is 24.1. The number of nitrogens with two attached hydrogens (primary N) is 1. The van der Waals surface area contributed by atoms with Crippen LogP contribution in [0, 0.1) is 0 Å². The molecule has 0 aromatic heterocycles. The number of anilines is 1. The van der Waals surface area contributed by atoms with Crippen LogP contribution < -0.4 is 20.5 Å². The van der Waals surface area contributed by atoms with Gasteiger partial charge in [0, 0.05) is 16.8 Å². The van der Waals surface area contributed by atoms with Crippen LogP contribution in [0.2, 0.25) is 0 Å². The second kappa shape index (κ2) is 7.91. The third-order valence-electron chi connectivity index (χ3n) is 3.59. The van der Waals surface area contributed by atoms with E-state index in [1.54, 1.807) is 42.5 Å². The number of ether oxygens (including phenoxy) is 2. The van der Waals surface area contributed by atoms with E-state index >= 15 is 0 Å². The Kier molecular flexibility index (Phi) is 5.67. The molecule has 0 saturated carbocycles. The number of oxime groups is 1. The van der Waals surface area contributed by atoms with Gasteiger partial charge in [0.1, 0.15) is 11.5 Å². The molecule has 2 aromatic carbocycles. The topological polar surface area (TPSA) is 126 Å².